The summed E-state index contributed by atoms with van der Waals surface area (Å²) in [7, 11) is 0. The fourth-order valence-corrected chi connectivity index (χ4v) is 4.79. The molecule has 0 aliphatic carbocycles. The van der Waals surface area contributed by atoms with Crippen molar-refractivity contribution in [2.75, 3.05) is 13.1 Å². The lowest BCUT2D eigenvalue weighted by atomic mass is 9.94. The Kier molecular flexibility index (Phi) is 5.96. The molecule has 1 amide bonds. The van der Waals surface area contributed by atoms with Crippen molar-refractivity contribution in [2.45, 2.75) is 45.7 Å². The maximum atomic E-state index is 14.1. The van der Waals surface area contributed by atoms with Crippen LogP contribution in [-0.2, 0) is 0 Å². The molecule has 3 aromatic rings. The molecule has 0 radical (unpaired) electrons. The third kappa shape index (κ3) is 3.44. The molecule has 3 atom stereocenters. The summed E-state index contributed by atoms with van der Waals surface area (Å²) in [4.78, 5) is 19.1. The standard InChI is InChI=1S/C26H29N4O2/c1-17(2)23-13-21(20-9-6-5-7-10-20)22(14-27)25(29-23)30(18(3)15-28-16-19(30)4)26(31)24-11-8-12-32-24/h5-13,17-19,28H,15-16H2,1-4H3/q+1/t18-,19+,30?. The monoisotopic (exact) mass is 429 g/mol. The zero-order valence-electron chi connectivity index (χ0n) is 19.0. The highest BCUT2D eigenvalue weighted by atomic mass is 16.3. The van der Waals surface area contributed by atoms with E-state index in [0.717, 1.165) is 16.8 Å². The molecule has 1 saturated heterocycles. The Morgan fingerprint density at radius 2 is 1.84 bits per heavy atom. The molecule has 1 fully saturated rings. The van der Waals surface area contributed by atoms with Gasteiger partial charge in [0.2, 0.25) is 5.76 Å². The average Bonchev–Trinajstić information content (AvgIpc) is 3.34. The summed E-state index contributed by atoms with van der Waals surface area (Å²) in [5.74, 6) is 0.768. The summed E-state index contributed by atoms with van der Waals surface area (Å²) >= 11 is 0. The number of hydrogen-bond acceptors (Lipinski definition) is 5. The van der Waals surface area contributed by atoms with Crippen LogP contribution in [0.15, 0.2) is 59.2 Å². The Labute approximate surface area is 189 Å². The van der Waals surface area contributed by atoms with E-state index in [2.05, 4.69) is 25.2 Å². The molecule has 1 aliphatic heterocycles. The number of nitrogens with one attached hydrogen (secondary N) is 1. The molecule has 6 nitrogen and oxygen atoms in total. The molecule has 1 aliphatic rings. The lowest BCUT2D eigenvalue weighted by molar-refractivity contribution is 0.0516. The largest absolute Gasteiger partial charge is 0.455 e. The first kappa shape index (κ1) is 21.9. The van der Waals surface area contributed by atoms with Gasteiger partial charge in [-0.3, -0.25) is 0 Å². The summed E-state index contributed by atoms with van der Waals surface area (Å²) in [6.07, 6.45) is 1.51. The van der Waals surface area contributed by atoms with E-state index in [1.807, 2.05) is 50.2 Å². The van der Waals surface area contributed by atoms with Gasteiger partial charge in [0.25, 0.3) is 5.82 Å². The van der Waals surface area contributed by atoms with E-state index in [1.54, 1.807) is 12.1 Å². The molecule has 32 heavy (non-hydrogen) atoms. The molecular formula is C26H29N4O2+. The minimum absolute atomic E-state index is 0.0518. The number of hydrogen-bond donors (Lipinski definition) is 1. The molecule has 6 heteroatoms. The number of nitriles is 1. The van der Waals surface area contributed by atoms with Gasteiger partial charge in [-0.25, -0.2) is 4.79 Å². The second-order valence-electron chi connectivity index (χ2n) is 8.84. The van der Waals surface area contributed by atoms with Gasteiger partial charge in [-0.1, -0.05) is 44.2 Å². The first-order chi connectivity index (χ1) is 15.4. The fourth-order valence-electron chi connectivity index (χ4n) is 4.79. The topological polar surface area (TPSA) is 78.9 Å². The number of pyridine rings is 1. The van der Waals surface area contributed by atoms with Gasteiger partial charge in [0.1, 0.15) is 23.7 Å². The number of quaternary nitrogens is 1. The van der Waals surface area contributed by atoms with E-state index in [0.29, 0.717) is 24.5 Å². The van der Waals surface area contributed by atoms with E-state index in [4.69, 9.17) is 9.40 Å². The summed E-state index contributed by atoms with van der Waals surface area (Å²) < 4.78 is 5.51. The molecular weight excluding hydrogens is 400 g/mol. The predicted molar refractivity (Wildman–Crippen MR) is 125 cm³/mol. The van der Waals surface area contributed by atoms with Crippen molar-refractivity contribution in [3.8, 4) is 17.2 Å². The van der Waals surface area contributed by atoms with Crippen LogP contribution in [0.5, 0.6) is 0 Å². The van der Waals surface area contributed by atoms with E-state index in [9.17, 15) is 10.1 Å². The summed E-state index contributed by atoms with van der Waals surface area (Å²) in [6, 6.07) is 17.4. The zero-order valence-corrected chi connectivity index (χ0v) is 19.0. The Morgan fingerprint density at radius 3 is 2.41 bits per heavy atom. The molecule has 4 rings (SSSR count). The molecule has 164 valence electrons. The van der Waals surface area contributed by atoms with Crippen molar-refractivity contribution >= 4 is 11.7 Å². The highest BCUT2D eigenvalue weighted by Crippen LogP contribution is 2.40. The van der Waals surface area contributed by atoms with Crippen molar-refractivity contribution in [2.24, 2.45) is 0 Å². The Hall–Kier alpha value is -3.27. The number of benzene rings is 1. The van der Waals surface area contributed by atoms with Crippen molar-refractivity contribution < 1.29 is 9.21 Å². The predicted octanol–water partition coefficient (Wildman–Crippen LogP) is 4.86. The molecule has 0 saturated carbocycles. The van der Waals surface area contributed by atoms with Gasteiger partial charge >= 0.3 is 5.91 Å². The minimum atomic E-state index is -0.166. The van der Waals surface area contributed by atoms with Gasteiger partial charge in [0.05, 0.1) is 6.26 Å². The fraction of sp³-hybridized carbons (Fsp3) is 0.346. The number of carbonyl (C=O) groups is 1. The number of amides is 1. The third-order valence-corrected chi connectivity index (χ3v) is 6.50. The molecule has 1 unspecified atom stereocenters. The summed E-state index contributed by atoms with van der Waals surface area (Å²) in [5, 5.41) is 13.8. The second-order valence-corrected chi connectivity index (χ2v) is 8.84. The number of aromatic nitrogens is 1. The van der Waals surface area contributed by atoms with Gasteiger partial charge < -0.3 is 9.73 Å². The number of rotatable bonds is 4. The van der Waals surface area contributed by atoms with Crippen LogP contribution in [-0.4, -0.2) is 36.1 Å². The van der Waals surface area contributed by atoms with E-state index in [1.165, 1.54) is 6.26 Å². The van der Waals surface area contributed by atoms with Gasteiger partial charge in [0, 0.05) is 24.3 Å². The second kappa shape index (κ2) is 8.70. The lowest BCUT2D eigenvalue weighted by Crippen LogP contribution is -2.73. The molecule has 1 N–H and O–H groups in total. The van der Waals surface area contributed by atoms with Crippen LogP contribution in [0.2, 0.25) is 0 Å². The maximum Gasteiger partial charge on any atom is 0.388 e. The van der Waals surface area contributed by atoms with E-state index in [-0.39, 0.29) is 34.2 Å². The van der Waals surface area contributed by atoms with Crippen LogP contribution < -0.4 is 9.80 Å². The van der Waals surface area contributed by atoms with Crippen molar-refractivity contribution in [3.63, 3.8) is 0 Å². The summed E-state index contributed by atoms with van der Waals surface area (Å²) in [6.45, 7) is 9.51. The number of piperazine rings is 1. The Bertz CT molecular complexity index is 1140. The first-order valence-electron chi connectivity index (χ1n) is 11.1. The van der Waals surface area contributed by atoms with Crippen LogP contribution in [0, 0.1) is 11.3 Å². The SMILES string of the molecule is CC(C)c1cc(-c2ccccc2)c(C#N)c([N+]2(C(=O)c3ccco3)[C@H](C)CNC[C@@H]2C)n1. The van der Waals surface area contributed by atoms with Crippen LogP contribution in [0.4, 0.5) is 5.82 Å². The lowest BCUT2D eigenvalue weighted by Gasteiger charge is -2.47. The van der Waals surface area contributed by atoms with Crippen LogP contribution in [0.25, 0.3) is 11.1 Å². The quantitative estimate of drug-likeness (QED) is 0.599. The Balaban J connectivity index is 2.09. The highest BCUT2D eigenvalue weighted by molar-refractivity contribution is 6.02. The summed E-state index contributed by atoms with van der Waals surface area (Å²) in [5.41, 5.74) is 3.06. The van der Waals surface area contributed by atoms with Gasteiger partial charge in [0.15, 0.2) is 0 Å². The van der Waals surface area contributed by atoms with E-state index < -0.39 is 0 Å². The van der Waals surface area contributed by atoms with Crippen molar-refractivity contribution in [3.05, 3.63) is 71.8 Å². The highest BCUT2D eigenvalue weighted by Gasteiger charge is 2.55. The average molecular weight is 430 g/mol. The van der Waals surface area contributed by atoms with Crippen LogP contribution in [0.3, 0.4) is 0 Å². The molecule has 0 bridgehead atoms. The zero-order chi connectivity index (χ0) is 22.9. The van der Waals surface area contributed by atoms with Crippen molar-refractivity contribution in [1.82, 2.24) is 14.8 Å². The maximum absolute atomic E-state index is 14.1. The number of carbonyl (C=O) groups excluding carboxylic acids is 1. The third-order valence-electron chi connectivity index (χ3n) is 6.50. The van der Waals surface area contributed by atoms with Gasteiger partial charge in [-0.05, 0) is 43.5 Å². The van der Waals surface area contributed by atoms with E-state index >= 15 is 0 Å². The smallest absolute Gasteiger partial charge is 0.388 e. The first-order valence-corrected chi connectivity index (χ1v) is 11.1. The molecule has 2 aromatic heterocycles. The Morgan fingerprint density at radius 1 is 1.16 bits per heavy atom. The van der Waals surface area contributed by atoms with Gasteiger partial charge in [-0.15, -0.1) is 0 Å². The number of nitrogens with zero attached hydrogens (tertiary/aromatic N) is 3. The molecule has 1 aromatic carbocycles. The van der Waals surface area contributed by atoms with Gasteiger partial charge in [-0.2, -0.15) is 14.7 Å². The molecule has 0 spiro atoms. The van der Waals surface area contributed by atoms with Crippen molar-refractivity contribution in [1.29, 1.82) is 5.26 Å². The van der Waals surface area contributed by atoms with Crippen LogP contribution >= 0.6 is 0 Å². The minimum Gasteiger partial charge on any atom is -0.455 e. The number of furan rings is 1. The van der Waals surface area contributed by atoms with Crippen LogP contribution in [0.1, 0.15) is 55.4 Å². The molecule has 3 heterocycles. The normalized spacial score (nSPS) is 23.1.